The number of hydrogen-bond donors (Lipinski definition) is 2. The van der Waals surface area contributed by atoms with Crippen molar-refractivity contribution in [2.75, 3.05) is 18.6 Å². The molecule has 114 valence electrons. The second-order valence-corrected chi connectivity index (χ2v) is 6.46. The molecule has 0 spiro atoms. The van der Waals surface area contributed by atoms with Crippen LogP contribution in [-0.4, -0.2) is 44.7 Å². The molecule has 1 unspecified atom stereocenters. The van der Waals surface area contributed by atoms with Crippen molar-refractivity contribution in [2.24, 2.45) is 0 Å². The molecule has 2 N–H and O–H groups in total. The number of aryl methyl sites for hydroxylation is 1. The molecule has 1 amide bonds. The van der Waals surface area contributed by atoms with Crippen molar-refractivity contribution < 1.29 is 9.90 Å². The lowest BCUT2D eigenvalue weighted by molar-refractivity contribution is -0.122. The van der Waals surface area contributed by atoms with Crippen LogP contribution in [0.4, 0.5) is 0 Å². The van der Waals surface area contributed by atoms with Gasteiger partial charge in [-0.2, -0.15) is 11.8 Å². The standard InChI is InChI=1S/C14H25N3O2S/c1-11(2)13-15-6-8-17(13)7-5-12(18)16-9-14(3,19)10-20-4/h6,8,11,19H,5,7,9-10H2,1-4H3,(H,16,18). The van der Waals surface area contributed by atoms with Gasteiger partial charge in [0.25, 0.3) is 0 Å². The molecule has 0 aliphatic carbocycles. The highest BCUT2D eigenvalue weighted by atomic mass is 32.2. The summed E-state index contributed by atoms with van der Waals surface area (Å²) < 4.78 is 2.00. The summed E-state index contributed by atoms with van der Waals surface area (Å²) in [4.78, 5) is 16.1. The summed E-state index contributed by atoms with van der Waals surface area (Å²) in [6, 6.07) is 0. The van der Waals surface area contributed by atoms with E-state index in [1.165, 1.54) is 0 Å². The number of imidazole rings is 1. The van der Waals surface area contributed by atoms with Gasteiger partial charge in [0.2, 0.25) is 5.91 Å². The number of hydrogen-bond acceptors (Lipinski definition) is 4. The van der Waals surface area contributed by atoms with Crippen molar-refractivity contribution >= 4 is 17.7 Å². The van der Waals surface area contributed by atoms with Crippen LogP contribution in [0.5, 0.6) is 0 Å². The number of amides is 1. The van der Waals surface area contributed by atoms with Gasteiger partial charge in [0.1, 0.15) is 5.82 Å². The fraction of sp³-hybridized carbons (Fsp3) is 0.714. The van der Waals surface area contributed by atoms with Gasteiger partial charge in [-0.1, -0.05) is 13.8 Å². The normalized spacial score (nSPS) is 14.3. The molecule has 1 aromatic rings. The molecule has 0 fully saturated rings. The van der Waals surface area contributed by atoms with Crippen LogP contribution in [0, 0.1) is 0 Å². The van der Waals surface area contributed by atoms with Crippen LogP contribution in [0.2, 0.25) is 0 Å². The molecule has 0 bridgehead atoms. The number of aliphatic hydroxyl groups is 1. The maximum atomic E-state index is 11.8. The van der Waals surface area contributed by atoms with Gasteiger partial charge in [-0.3, -0.25) is 4.79 Å². The summed E-state index contributed by atoms with van der Waals surface area (Å²) in [6.07, 6.45) is 5.98. The molecular weight excluding hydrogens is 274 g/mol. The fourth-order valence-electron chi connectivity index (χ4n) is 1.97. The monoisotopic (exact) mass is 299 g/mol. The zero-order chi connectivity index (χ0) is 15.2. The van der Waals surface area contributed by atoms with Gasteiger partial charge in [0.15, 0.2) is 0 Å². The average molecular weight is 299 g/mol. The van der Waals surface area contributed by atoms with E-state index >= 15 is 0 Å². The lowest BCUT2D eigenvalue weighted by Crippen LogP contribution is -2.42. The third-order valence-corrected chi connectivity index (χ3v) is 3.88. The van der Waals surface area contributed by atoms with E-state index in [0.29, 0.717) is 24.6 Å². The first-order chi connectivity index (χ1) is 9.35. The van der Waals surface area contributed by atoms with Crippen LogP contribution in [0.15, 0.2) is 12.4 Å². The zero-order valence-electron chi connectivity index (χ0n) is 12.7. The molecule has 0 radical (unpaired) electrons. The number of carbonyl (C=O) groups is 1. The van der Waals surface area contributed by atoms with Crippen LogP contribution in [0.1, 0.15) is 38.9 Å². The number of thioether (sulfide) groups is 1. The van der Waals surface area contributed by atoms with Gasteiger partial charge in [-0.25, -0.2) is 4.98 Å². The molecule has 0 aromatic carbocycles. The Morgan fingerprint density at radius 1 is 1.60 bits per heavy atom. The predicted octanol–water partition coefficient (Wildman–Crippen LogP) is 1.63. The molecule has 1 rings (SSSR count). The van der Waals surface area contributed by atoms with Crippen LogP contribution in [0.3, 0.4) is 0 Å². The predicted molar refractivity (Wildman–Crippen MR) is 82.9 cm³/mol. The maximum absolute atomic E-state index is 11.8. The lowest BCUT2D eigenvalue weighted by Gasteiger charge is -2.22. The average Bonchev–Trinajstić information content (AvgIpc) is 2.82. The van der Waals surface area contributed by atoms with Crippen molar-refractivity contribution in [3.8, 4) is 0 Å². The van der Waals surface area contributed by atoms with E-state index in [-0.39, 0.29) is 12.5 Å². The lowest BCUT2D eigenvalue weighted by atomic mass is 10.1. The Hall–Kier alpha value is -1.01. The highest BCUT2D eigenvalue weighted by Crippen LogP contribution is 2.12. The number of aromatic nitrogens is 2. The first kappa shape index (κ1) is 17.0. The Labute approximate surface area is 125 Å². The highest BCUT2D eigenvalue weighted by molar-refractivity contribution is 7.98. The van der Waals surface area contributed by atoms with Crippen LogP contribution >= 0.6 is 11.8 Å². The van der Waals surface area contributed by atoms with E-state index in [2.05, 4.69) is 24.1 Å². The van der Waals surface area contributed by atoms with E-state index < -0.39 is 5.60 Å². The Bertz CT molecular complexity index is 430. The second-order valence-electron chi connectivity index (χ2n) is 5.59. The van der Waals surface area contributed by atoms with E-state index in [4.69, 9.17) is 0 Å². The number of nitrogens with zero attached hydrogens (tertiary/aromatic N) is 2. The summed E-state index contributed by atoms with van der Waals surface area (Å²) in [5, 5.41) is 12.8. The largest absolute Gasteiger partial charge is 0.387 e. The SMILES string of the molecule is CSCC(C)(O)CNC(=O)CCn1ccnc1C(C)C. The Balaban J connectivity index is 2.38. The minimum Gasteiger partial charge on any atom is -0.387 e. The van der Waals surface area contributed by atoms with Crippen LogP contribution in [-0.2, 0) is 11.3 Å². The molecule has 0 aliphatic rings. The summed E-state index contributed by atoms with van der Waals surface area (Å²) in [7, 11) is 0. The molecule has 0 saturated carbocycles. The summed E-state index contributed by atoms with van der Waals surface area (Å²) in [5.74, 6) is 1.89. The van der Waals surface area contributed by atoms with Crippen molar-refractivity contribution in [3.05, 3.63) is 18.2 Å². The van der Waals surface area contributed by atoms with Crippen molar-refractivity contribution in [1.82, 2.24) is 14.9 Å². The summed E-state index contributed by atoms with van der Waals surface area (Å²) in [5.41, 5.74) is -0.854. The van der Waals surface area contributed by atoms with Gasteiger partial charge >= 0.3 is 0 Å². The minimum absolute atomic E-state index is 0.0465. The third kappa shape index (κ3) is 5.54. The number of nitrogens with one attached hydrogen (secondary N) is 1. The van der Waals surface area contributed by atoms with E-state index in [9.17, 15) is 9.90 Å². The molecule has 20 heavy (non-hydrogen) atoms. The van der Waals surface area contributed by atoms with Crippen molar-refractivity contribution in [3.63, 3.8) is 0 Å². The molecule has 5 nitrogen and oxygen atoms in total. The maximum Gasteiger partial charge on any atom is 0.221 e. The first-order valence-corrected chi connectivity index (χ1v) is 8.24. The quantitative estimate of drug-likeness (QED) is 0.765. The van der Waals surface area contributed by atoms with E-state index in [1.54, 1.807) is 24.9 Å². The Morgan fingerprint density at radius 3 is 2.90 bits per heavy atom. The summed E-state index contributed by atoms with van der Waals surface area (Å²) in [6.45, 7) is 6.80. The number of carbonyl (C=O) groups excluding carboxylic acids is 1. The molecule has 6 heteroatoms. The van der Waals surface area contributed by atoms with Gasteiger partial charge in [0, 0.05) is 43.6 Å². The molecule has 1 heterocycles. The molecule has 0 saturated heterocycles. The van der Waals surface area contributed by atoms with Gasteiger partial charge in [0.05, 0.1) is 5.60 Å². The molecule has 1 atom stereocenters. The first-order valence-electron chi connectivity index (χ1n) is 6.85. The van der Waals surface area contributed by atoms with Crippen molar-refractivity contribution in [1.29, 1.82) is 0 Å². The highest BCUT2D eigenvalue weighted by Gasteiger charge is 2.20. The smallest absolute Gasteiger partial charge is 0.221 e. The number of rotatable bonds is 8. The Kier molecular flexibility index (Phi) is 6.55. The topological polar surface area (TPSA) is 67.2 Å². The summed E-state index contributed by atoms with van der Waals surface area (Å²) >= 11 is 1.56. The molecule has 0 aliphatic heterocycles. The minimum atomic E-state index is -0.854. The third-order valence-electron chi connectivity index (χ3n) is 2.97. The molecule has 1 aromatic heterocycles. The van der Waals surface area contributed by atoms with Gasteiger partial charge in [-0.05, 0) is 13.2 Å². The zero-order valence-corrected chi connectivity index (χ0v) is 13.5. The van der Waals surface area contributed by atoms with Gasteiger partial charge in [-0.15, -0.1) is 0 Å². The van der Waals surface area contributed by atoms with Crippen LogP contribution < -0.4 is 5.32 Å². The van der Waals surface area contributed by atoms with E-state index in [0.717, 1.165) is 5.82 Å². The Morgan fingerprint density at radius 2 is 2.30 bits per heavy atom. The van der Waals surface area contributed by atoms with E-state index in [1.807, 2.05) is 17.0 Å². The van der Waals surface area contributed by atoms with Crippen molar-refractivity contribution in [2.45, 2.75) is 45.3 Å². The molecular formula is C14H25N3O2S. The van der Waals surface area contributed by atoms with Crippen LogP contribution in [0.25, 0.3) is 0 Å². The fourth-order valence-corrected chi connectivity index (χ4v) is 2.70. The van der Waals surface area contributed by atoms with Gasteiger partial charge < -0.3 is 15.0 Å². The second kappa shape index (κ2) is 7.69.